The number of allylic oxidation sites excluding steroid dienone is 1. The van der Waals surface area contributed by atoms with E-state index >= 15 is 0 Å². The molecule has 2 aromatic carbocycles. The van der Waals surface area contributed by atoms with Gasteiger partial charge in [0, 0.05) is 15.6 Å². The normalized spacial score (nSPS) is 17.1. The minimum Gasteiger partial charge on any atom is -0.506 e. The molecule has 0 bridgehead atoms. The summed E-state index contributed by atoms with van der Waals surface area (Å²) in [5.41, 5.74) is 1.22. The van der Waals surface area contributed by atoms with Gasteiger partial charge in [0.1, 0.15) is 10.7 Å². The summed E-state index contributed by atoms with van der Waals surface area (Å²) in [5.74, 6) is -0.0697. The average Bonchev–Trinajstić information content (AvgIpc) is 2.71. The van der Waals surface area contributed by atoms with Crippen molar-refractivity contribution in [1.29, 1.82) is 5.41 Å². The highest BCUT2D eigenvalue weighted by Gasteiger charge is 2.31. The molecule has 0 spiro atoms. The van der Waals surface area contributed by atoms with E-state index in [9.17, 15) is 9.32 Å². The fourth-order valence-electron chi connectivity index (χ4n) is 2.14. The van der Waals surface area contributed by atoms with Crippen LogP contribution in [0.5, 0.6) is 0 Å². The second-order valence-electron chi connectivity index (χ2n) is 4.30. The standard InChI is InChI=1S/C15H10BrNO2S/c16-11-7-3-1-5-9(11)13(17)15-14(18)10-6-2-4-8-12(10)20(15)19/h1-8,17-18H. The van der Waals surface area contributed by atoms with Gasteiger partial charge < -0.3 is 5.11 Å². The van der Waals surface area contributed by atoms with E-state index < -0.39 is 10.8 Å². The number of halogens is 1. The Morgan fingerprint density at radius 2 is 1.75 bits per heavy atom. The first kappa shape index (κ1) is 13.3. The van der Waals surface area contributed by atoms with Crippen molar-refractivity contribution in [3.8, 4) is 0 Å². The van der Waals surface area contributed by atoms with E-state index in [1.54, 1.807) is 36.4 Å². The van der Waals surface area contributed by atoms with Gasteiger partial charge in [0.2, 0.25) is 0 Å². The summed E-state index contributed by atoms with van der Waals surface area (Å²) in [7, 11) is -1.52. The molecule has 2 N–H and O–H groups in total. The Balaban J connectivity index is 2.13. The molecular weight excluding hydrogens is 338 g/mol. The van der Waals surface area contributed by atoms with E-state index in [1.165, 1.54) is 0 Å². The Morgan fingerprint density at radius 3 is 2.45 bits per heavy atom. The number of aliphatic hydroxyl groups is 1. The van der Waals surface area contributed by atoms with Crippen molar-refractivity contribution in [3.05, 3.63) is 69.0 Å². The van der Waals surface area contributed by atoms with Crippen molar-refractivity contribution in [2.75, 3.05) is 0 Å². The molecule has 1 atom stereocenters. The molecule has 0 amide bonds. The molecule has 0 saturated heterocycles. The zero-order valence-electron chi connectivity index (χ0n) is 10.3. The quantitative estimate of drug-likeness (QED) is 0.810. The minimum atomic E-state index is -1.52. The van der Waals surface area contributed by atoms with Crippen LogP contribution in [0, 0.1) is 5.41 Å². The molecule has 0 fully saturated rings. The molecule has 1 heterocycles. The minimum absolute atomic E-state index is 0.0697. The van der Waals surface area contributed by atoms with E-state index in [2.05, 4.69) is 15.9 Å². The van der Waals surface area contributed by atoms with Gasteiger partial charge in [0.25, 0.3) is 0 Å². The van der Waals surface area contributed by atoms with Crippen LogP contribution >= 0.6 is 15.9 Å². The fraction of sp³-hybridized carbons (Fsp3) is 0. The van der Waals surface area contributed by atoms with Crippen LogP contribution in [-0.4, -0.2) is 15.0 Å². The number of hydrogen-bond donors (Lipinski definition) is 2. The summed E-state index contributed by atoms with van der Waals surface area (Å²) in [6.07, 6.45) is 0. The molecule has 1 unspecified atom stereocenters. The predicted molar refractivity (Wildman–Crippen MR) is 83.4 cm³/mol. The van der Waals surface area contributed by atoms with Crippen LogP contribution < -0.4 is 0 Å². The third-order valence-electron chi connectivity index (χ3n) is 3.11. The monoisotopic (exact) mass is 347 g/mol. The summed E-state index contributed by atoms with van der Waals surface area (Å²) < 4.78 is 13.2. The number of hydrogen-bond acceptors (Lipinski definition) is 3. The van der Waals surface area contributed by atoms with Crippen LogP contribution in [0.3, 0.4) is 0 Å². The van der Waals surface area contributed by atoms with Crippen LogP contribution in [0.4, 0.5) is 0 Å². The highest BCUT2D eigenvalue weighted by atomic mass is 79.9. The fourth-order valence-corrected chi connectivity index (χ4v) is 3.99. The molecule has 3 rings (SSSR count). The van der Waals surface area contributed by atoms with Gasteiger partial charge in [-0.25, -0.2) is 4.21 Å². The van der Waals surface area contributed by atoms with Gasteiger partial charge in [-0.05, 0) is 18.2 Å². The van der Waals surface area contributed by atoms with Crippen molar-refractivity contribution in [2.24, 2.45) is 0 Å². The molecule has 5 heteroatoms. The van der Waals surface area contributed by atoms with Crippen LogP contribution in [0.15, 0.2) is 62.8 Å². The molecule has 0 radical (unpaired) electrons. The first-order chi connectivity index (χ1) is 9.61. The van der Waals surface area contributed by atoms with Crippen molar-refractivity contribution in [2.45, 2.75) is 4.90 Å². The zero-order valence-corrected chi connectivity index (χ0v) is 12.7. The maximum atomic E-state index is 12.5. The van der Waals surface area contributed by atoms with Gasteiger partial charge in [0.05, 0.1) is 21.4 Å². The lowest BCUT2D eigenvalue weighted by Gasteiger charge is -2.07. The maximum Gasteiger partial charge on any atom is 0.142 e. The average molecular weight is 348 g/mol. The largest absolute Gasteiger partial charge is 0.506 e. The van der Waals surface area contributed by atoms with Crippen molar-refractivity contribution >= 4 is 38.2 Å². The Hall–Kier alpha value is -1.72. The zero-order chi connectivity index (χ0) is 14.3. The van der Waals surface area contributed by atoms with E-state index in [0.717, 1.165) is 4.47 Å². The molecular formula is C15H10BrNO2S. The van der Waals surface area contributed by atoms with E-state index in [-0.39, 0.29) is 16.4 Å². The first-order valence-electron chi connectivity index (χ1n) is 5.89. The van der Waals surface area contributed by atoms with Gasteiger partial charge in [-0.2, -0.15) is 0 Å². The first-order valence-corrected chi connectivity index (χ1v) is 7.84. The summed E-state index contributed by atoms with van der Waals surface area (Å²) in [6, 6.07) is 14.2. The van der Waals surface area contributed by atoms with Gasteiger partial charge in [-0.15, -0.1) is 0 Å². The number of nitrogens with one attached hydrogen (secondary N) is 1. The van der Waals surface area contributed by atoms with Crippen molar-refractivity contribution in [1.82, 2.24) is 0 Å². The SMILES string of the molecule is N=C(C1=C(O)c2ccccc2S1=O)c1ccccc1Br. The van der Waals surface area contributed by atoms with Crippen LogP contribution in [0.25, 0.3) is 5.76 Å². The summed E-state index contributed by atoms with van der Waals surface area (Å²) in [4.78, 5) is 0.718. The van der Waals surface area contributed by atoms with E-state index in [0.29, 0.717) is 16.0 Å². The van der Waals surface area contributed by atoms with Crippen LogP contribution in [-0.2, 0) is 10.8 Å². The molecule has 20 heavy (non-hydrogen) atoms. The summed E-state index contributed by atoms with van der Waals surface area (Å²) in [5, 5.41) is 18.5. The Labute approximate surface area is 127 Å². The smallest absolute Gasteiger partial charge is 0.142 e. The van der Waals surface area contributed by atoms with Gasteiger partial charge in [-0.3, -0.25) is 5.41 Å². The molecule has 100 valence electrons. The summed E-state index contributed by atoms with van der Waals surface area (Å²) >= 11 is 3.37. The predicted octanol–water partition coefficient (Wildman–Crippen LogP) is 3.86. The van der Waals surface area contributed by atoms with Gasteiger partial charge >= 0.3 is 0 Å². The second kappa shape index (κ2) is 5.00. The molecule has 0 saturated carbocycles. The molecule has 0 aromatic heterocycles. The molecule has 0 aliphatic carbocycles. The lowest BCUT2D eigenvalue weighted by molar-refractivity contribution is 0.511. The lowest BCUT2D eigenvalue weighted by Crippen LogP contribution is -2.08. The highest BCUT2D eigenvalue weighted by molar-refractivity contribution is 9.10. The number of benzene rings is 2. The van der Waals surface area contributed by atoms with Crippen molar-refractivity contribution in [3.63, 3.8) is 0 Å². The lowest BCUT2D eigenvalue weighted by atomic mass is 10.1. The highest BCUT2D eigenvalue weighted by Crippen LogP contribution is 2.37. The molecule has 2 aromatic rings. The number of rotatable bonds is 2. The van der Waals surface area contributed by atoms with Gasteiger partial charge in [-0.1, -0.05) is 46.3 Å². The molecule has 1 aliphatic rings. The summed E-state index contributed by atoms with van der Waals surface area (Å²) in [6.45, 7) is 0. The Bertz CT molecular complexity index is 783. The molecule has 3 nitrogen and oxygen atoms in total. The number of fused-ring (bicyclic) bond motifs is 1. The number of aliphatic hydroxyl groups excluding tert-OH is 1. The van der Waals surface area contributed by atoms with E-state index in [1.807, 2.05) is 12.1 Å². The third-order valence-corrected chi connectivity index (χ3v) is 5.33. The second-order valence-corrected chi connectivity index (χ2v) is 6.54. The van der Waals surface area contributed by atoms with Gasteiger partial charge in [0.15, 0.2) is 0 Å². The molecule has 1 aliphatic heterocycles. The Kier molecular flexibility index (Phi) is 3.31. The van der Waals surface area contributed by atoms with Crippen molar-refractivity contribution < 1.29 is 9.32 Å². The third kappa shape index (κ3) is 1.94. The topological polar surface area (TPSA) is 61.1 Å². The van der Waals surface area contributed by atoms with E-state index in [4.69, 9.17) is 5.41 Å². The Morgan fingerprint density at radius 1 is 1.10 bits per heavy atom. The van der Waals surface area contributed by atoms with Crippen LogP contribution in [0.2, 0.25) is 0 Å². The maximum absolute atomic E-state index is 12.5. The van der Waals surface area contributed by atoms with Crippen LogP contribution in [0.1, 0.15) is 11.1 Å².